The Morgan fingerprint density at radius 3 is 2.65 bits per heavy atom. The van der Waals surface area contributed by atoms with Crippen molar-refractivity contribution in [2.24, 2.45) is 0 Å². The molecule has 2 rings (SSSR count). The molecule has 0 bridgehead atoms. The van der Waals surface area contributed by atoms with E-state index in [9.17, 15) is 18.3 Å². The Bertz CT molecular complexity index is 645. The van der Waals surface area contributed by atoms with Crippen LogP contribution in [0.3, 0.4) is 0 Å². The zero-order valence-electron chi connectivity index (χ0n) is 10.7. The number of nitrogens with zero attached hydrogens (tertiary/aromatic N) is 1. The van der Waals surface area contributed by atoms with Crippen LogP contribution in [0.4, 0.5) is 0 Å². The van der Waals surface area contributed by atoms with E-state index in [4.69, 9.17) is 5.11 Å². The molecule has 1 aliphatic rings. The lowest BCUT2D eigenvalue weighted by molar-refractivity contribution is -0.140. The van der Waals surface area contributed by atoms with Gasteiger partial charge in [0.25, 0.3) is 0 Å². The molecule has 0 aliphatic carbocycles. The number of rotatable bonds is 3. The normalized spacial score (nSPS) is 23.9. The molecule has 1 aromatic carbocycles. The minimum absolute atomic E-state index is 0.0264. The van der Waals surface area contributed by atoms with E-state index >= 15 is 0 Å². The van der Waals surface area contributed by atoms with Crippen LogP contribution < -0.4 is 0 Å². The quantitative estimate of drug-likeness (QED) is 0.833. The number of carboxylic acid groups (broad SMARTS) is 1. The van der Waals surface area contributed by atoms with Gasteiger partial charge in [-0.05, 0) is 30.7 Å². The van der Waals surface area contributed by atoms with Crippen LogP contribution in [-0.2, 0) is 14.8 Å². The molecule has 0 spiro atoms. The molecule has 8 heteroatoms. The van der Waals surface area contributed by atoms with Crippen molar-refractivity contribution in [2.75, 3.05) is 6.54 Å². The lowest BCUT2D eigenvalue weighted by Gasteiger charge is -2.21. The fraction of sp³-hybridized carbons (Fsp3) is 0.417. The zero-order chi connectivity index (χ0) is 15.1. The Morgan fingerprint density at radius 2 is 2.10 bits per heavy atom. The van der Waals surface area contributed by atoms with E-state index in [1.807, 2.05) is 0 Å². The van der Waals surface area contributed by atoms with Crippen LogP contribution in [0.1, 0.15) is 12.0 Å². The van der Waals surface area contributed by atoms with E-state index in [2.05, 4.69) is 15.9 Å². The minimum Gasteiger partial charge on any atom is -0.480 e. The van der Waals surface area contributed by atoms with Crippen molar-refractivity contribution >= 4 is 31.9 Å². The third-order valence-corrected chi connectivity index (χ3v) is 6.02. The van der Waals surface area contributed by atoms with E-state index < -0.39 is 28.1 Å². The number of hydrogen-bond donors (Lipinski definition) is 2. The fourth-order valence-electron chi connectivity index (χ4n) is 2.19. The van der Waals surface area contributed by atoms with Gasteiger partial charge in [0.05, 0.1) is 11.0 Å². The molecule has 0 saturated carbocycles. The Labute approximate surface area is 125 Å². The topological polar surface area (TPSA) is 94.9 Å². The second kappa shape index (κ2) is 5.44. The van der Waals surface area contributed by atoms with Gasteiger partial charge in [-0.2, -0.15) is 4.31 Å². The Morgan fingerprint density at radius 1 is 1.45 bits per heavy atom. The van der Waals surface area contributed by atoms with Gasteiger partial charge in [0.2, 0.25) is 10.0 Å². The van der Waals surface area contributed by atoms with E-state index in [1.165, 1.54) is 12.1 Å². The first-order valence-electron chi connectivity index (χ1n) is 5.92. The van der Waals surface area contributed by atoms with Crippen molar-refractivity contribution in [1.29, 1.82) is 0 Å². The van der Waals surface area contributed by atoms with Gasteiger partial charge in [0.15, 0.2) is 0 Å². The maximum Gasteiger partial charge on any atom is 0.322 e. The number of benzene rings is 1. The Balaban J connectivity index is 2.43. The maximum absolute atomic E-state index is 12.5. The first-order chi connectivity index (χ1) is 9.23. The summed E-state index contributed by atoms with van der Waals surface area (Å²) in [7, 11) is -3.93. The molecule has 1 unspecified atom stereocenters. The predicted octanol–water partition coefficient (Wildman–Crippen LogP) is 0.966. The molecular weight excluding hydrogens is 350 g/mol. The van der Waals surface area contributed by atoms with Crippen molar-refractivity contribution in [3.8, 4) is 0 Å². The van der Waals surface area contributed by atoms with Crippen LogP contribution in [0.15, 0.2) is 27.6 Å². The van der Waals surface area contributed by atoms with Crippen LogP contribution >= 0.6 is 15.9 Å². The summed E-state index contributed by atoms with van der Waals surface area (Å²) in [6, 6.07) is 3.27. The Hall–Kier alpha value is -0.960. The standard InChI is InChI=1S/C12H14BrNO5S/c1-7-4-9(2-3-10(7)13)20(18,19)14-6-8(15)5-11(14)12(16)17/h2-4,8,11,15H,5-6H2,1H3,(H,16,17)/t8?,11-/m0/s1. The van der Waals surface area contributed by atoms with Gasteiger partial charge in [-0.3, -0.25) is 4.79 Å². The summed E-state index contributed by atoms with van der Waals surface area (Å²) in [5.41, 5.74) is 0.734. The number of aliphatic hydroxyl groups is 1. The van der Waals surface area contributed by atoms with Crippen molar-refractivity contribution in [1.82, 2.24) is 4.31 Å². The van der Waals surface area contributed by atoms with E-state index in [0.717, 1.165) is 14.3 Å². The van der Waals surface area contributed by atoms with E-state index in [0.29, 0.717) is 0 Å². The number of aliphatic carboxylic acids is 1. The van der Waals surface area contributed by atoms with Gasteiger partial charge in [-0.1, -0.05) is 15.9 Å². The van der Waals surface area contributed by atoms with Gasteiger partial charge in [-0.25, -0.2) is 8.42 Å². The van der Waals surface area contributed by atoms with Gasteiger partial charge in [0.1, 0.15) is 6.04 Å². The molecule has 1 aliphatic heterocycles. The van der Waals surface area contributed by atoms with Gasteiger partial charge in [0, 0.05) is 17.4 Å². The number of aryl methyl sites for hydroxylation is 1. The molecule has 2 N–H and O–H groups in total. The minimum atomic E-state index is -3.93. The summed E-state index contributed by atoms with van der Waals surface area (Å²) in [5, 5.41) is 18.6. The number of sulfonamides is 1. The second-order valence-electron chi connectivity index (χ2n) is 4.73. The molecule has 1 saturated heterocycles. The molecule has 20 heavy (non-hydrogen) atoms. The number of aliphatic hydroxyl groups excluding tert-OH is 1. The number of hydrogen-bond acceptors (Lipinski definition) is 4. The van der Waals surface area contributed by atoms with Gasteiger partial charge in [-0.15, -0.1) is 0 Å². The van der Waals surface area contributed by atoms with Crippen molar-refractivity contribution in [3.63, 3.8) is 0 Å². The largest absolute Gasteiger partial charge is 0.480 e. The molecule has 6 nitrogen and oxygen atoms in total. The van der Waals surface area contributed by atoms with Crippen molar-refractivity contribution in [3.05, 3.63) is 28.2 Å². The molecule has 0 amide bonds. The fourth-order valence-corrected chi connectivity index (χ4v) is 4.15. The highest BCUT2D eigenvalue weighted by atomic mass is 79.9. The monoisotopic (exact) mass is 363 g/mol. The summed E-state index contributed by atoms with van der Waals surface area (Å²) in [5.74, 6) is -1.25. The molecule has 110 valence electrons. The molecular formula is C12H14BrNO5S. The number of halogens is 1. The van der Waals surface area contributed by atoms with Gasteiger partial charge >= 0.3 is 5.97 Å². The average Bonchev–Trinajstić information content (AvgIpc) is 2.75. The van der Waals surface area contributed by atoms with Crippen LogP contribution in [-0.4, -0.2) is 47.6 Å². The summed E-state index contributed by atoms with van der Waals surface area (Å²) >= 11 is 3.28. The highest BCUT2D eigenvalue weighted by Crippen LogP contribution is 2.28. The summed E-state index contributed by atoms with van der Waals surface area (Å²) in [6.45, 7) is 1.55. The first-order valence-corrected chi connectivity index (χ1v) is 8.15. The SMILES string of the molecule is Cc1cc(S(=O)(=O)N2CC(O)C[C@H]2C(=O)O)ccc1Br. The van der Waals surface area contributed by atoms with E-state index in [-0.39, 0.29) is 17.9 Å². The van der Waals surface area contributed by atoms with Crippen LogP contribution in [0, 0.1) is 6.92 Å². The molecule has 0 aromatic heterocycles. The first kappa shape index (κ1) is 15.4. The zero-order valence-corrected chi connectivity index (χ0v) is 13.1. The summed E-state index contributed by atoms with van der Waals surface area (Å²) < 4.78 is 26.6. The lowest BCUT2D eigenvalue weighted by atomic mass is 10.2. The molecule has 0 radical (unpaired) electrons. The third kappa shape index (κ3) is 2.73. The average molecular weight is 364 g/mol. The van der Waals surface area contributed by atoms with Crippen LogP contribution in [0.5, 0.6) is 0 Å². The Kier molecular flexibility index (Phi) is 4.19. The maximum atomic E-state index is 12.5. The molecule has 1 aromatic rings. The van der Waals surface area contributed by atoms with Crippen molar-refractivity contribution < 1.29 is 23.4 Å². The molecule has 1 fully saturated rings. The molecule has 1 heterocycles. The lowest BCUT2D eigenvalue weighted by Crippen LogP contribution is -2.40. The number of carboxylic acids is 1. The highest BCUT2D eigenvalue weighted by Gasteiger charge is 2.43. The number of carbonyl (C=O) groups is 1. The third-order valence-electron chi connectivity index (χ3n) is 3.25. The van der Waals surface area contributed by atoms with Crippen LogP contribution in [0.25, 0.3) is 0 Å². The predicted molar refractivity (Wildman–Crippen MR) is 74.8 cm³/mol. The number of β-amino-alcohol motifs (C(OH)–C–C–N with tert-alkyl or cyclic N) is 1. The second-order valence-corrected chi connectivity index (χ2v) is 7.47. The molecule has 2 atom stereocenters. The summed E-state index contributed by atoms with van der Waals surface area (Å²) in [6.07, 6.45) is -1.05. The van der Waals surface area contributed by atoms with E-state index in [1.54, 1.807) is 13.0 Å². The van der Waals surface area contributed by atoms with Crippen molar-refractivity contribution in [2.45, 2.75) is 30.4 Å². The van der Waals surface area contributed by atoms with Gasteiger partial charge < -0.3 is 10.2 Å². The highest BCUT2D eigenvalue weighted by molar-refractivity contribution is 9.10. The van der Waals surface area contributed by atoms with Crippen LogP contribution in [0.2, 0.25) is 0 Å². The summed E-state index contributed by atoms with van der Waals surface area (Å²) in [4.78, 5) is 11.2. The smallest absolute Gasteiger partial charge is 0.322 e.